The van der Waals surface area contributed by atoms with Gasteiger partial charge in [-0.2, -0.15) is 8.42 Å². The van der Waals surface area contributed by atoms with Gasteiger partial charge in [0.15, 0.2) is 5.75 Å². The number of aryl methyl sites for hydroxylation is 2. The van der Waals surface area contributed by atoms with Crippen molar-refractivity contribution in [1.82, 2.24) is 0 Å². The molecule has 6 heteroatoms. The summed E-state index contributed by atoms with van der Waals surface area (Å²) in [7, 11) is -4.05. The third-order valence-electron chi connectivity index (χ3n) is 2.69. The zero-order chi connectivity index (χ0) is 14.9. The highest BCUT2D eigenvalue weighted by atomic mass is 35.5. The Morgan fingerprint density at radius 3 is 2.45 bits per heavy atom. The molecule has 0 aromatic heterocycles. The molecule has 0 radical (unpaired) electrons. The summed E-state index contributed by atoms with van der Waals surface area (Å²) < 4.78 is 42.4. The molecule has 0 aliphatic heterocycles. The molecule has 0 spiro atoms. The van der Waals surface area contributed by atoms with Gasteiger partial charge in [-0.1, -0.05) is 17.7 Å². The minimum Gasteiger partial charge on any atom is -0.377 e. The number of halogens is 2. The quantitative estimate of drug-likeness (QED) is 0.808. The summed E-state index contributed by atoms with van der Waals surface area (Å²) in [6.45, 7) is 3.29. The van der Waals surface area contributed by atoms with Crippen molar-refractivity contribution < 1.29 is 17.0 Å². The molecule has 0 N–H and O–H groups in total. The molecule has 2 aromatic rings. The molecule has 0 saturated heterocycles. The van der Waals surface area contributed by atoms with Crippen molar-refractivity contribution in [2.75, 3.05) is 0 Å². The molecule has 0 unspecified atom stereocenters. The minimum absolute atomic E-state index is 0.0513. The normalized spacial score (nSPS) is 11.4. The molecule has 20 heavy (non-hydrogen) atoms. The molecule has 0 aliphatic rings. The maximum atomic E-state index is 13.0. The Morgan fingerprint density at radius 2 is 1.80 bits per heavy atom. The van der Waals surface area contributed by atoms with Crippen LogP contribution in [-0.2, 0) is 10.1 Å². The topological polar surface area (TPSA) is 43.4 Å². The Balaban J connectivity index is 2.43. The first-order valence-corrected chi connectivity index (χ1v) is 7.55. The van der Waals surface area contributed by atoms with E-state index in [1.165, 1.54) is 19.1 Å². The summed E-state index contributed by atoms with van der Waals surface area (Å²) in [5.74, 6) is -0.453. The third-order valence-corrected chi connectivity index (χ3v) is 4.40. The molecule has 0 fully saturated rings. The minimum atomic E-state index is -4.05. The first-order chi connectivity index (χ1) is 9.29. The summed E-state index contributed by atoms with van der Waals surface area (Å²) >= 11 is 5.91. The number of hydrogen-bond donors (Lipinski definition) is 0. The predicted molar refractivity (Wildman–Crippen MR) is 75.1 cm³/mol. The molecule has 0 bridgehead atoms. The average molecular weight is 315 g/mol. The van der Waals surface area contributed by atoms with E-state index in [0.717, 1.165) is 17.7 Å². The molecule has 0 atom stereocenters. The van der Waals surface area contributed by atoms with Crippen LogP contribution in [0.2, 0.25) is 5.02 Å². The molecular formula is C14H12ClFO3S. The van der Waals surface area contributed by atoms with E-state index in [2.05, 4.69) is 0 Å². The fourth-order valence-electron chi connectivity index (χ4n) is 1.73. The first-order valence-electron chi connectivity index (χ1n) is 5.76. The van der Waals surface area contributed by atoms with E-state index in [1.807, 2.05) is 0 Å². The van der Waals surface area contributed by atoms with Crippen LogP contribution in [0.5, 0.6) is 5.75 Å². The van der Waals surface area contributed by atoms with Crippen molar-refractivity contribution in [3.8, 4) is 5.75 Å². The summed E-state index contributed by atoms with van der Waals surface area (Å²) in [6.07, 6.45) is 0. The standard InChI is InChI=1S/C14H12ClFO3S/c1-9-3-5-12(15)13(7-9)19-20(17,18)14-6-4-11(16)8-10(14)2/h3-8H,1-2H3. The van der Waals surface area contributed by atoms with E-state index >= 15 is 0 Å². The summed E-state index contributed by atoms with van der Waals surface area (Å²) in [4.78, 5) is -0.0866. The average Bonchev–Trinajstić information content (AvgIpc) is 2.33. The van der Waals surface area contributed by atoms with Crippen molar-refractivity contribution in [3.63, 3.8) is 0 Å². The Morgan fingerprint density at radius 1 is 1.10 bits per heavy atom. The van der Waals surface area contributed by atoms with Gasteiger partial charge in [0.2, 0.25) is 0 Å². The van der Waals surface area contributed by atoms with Crippen molar-refractivity contribution >= 4 is 21.7 Å². The van der Waals surface area contributed by atoms with Gasteiger partial charge in [0.25, 0.3) is 0 Å². The fourth-order valence-corrected chi connectivity index (χ4v) is 3.08. The van der Waals surface area contributed by atoms with Crippen molar-refractivity contribution in [3.05, 3.63) is 58.4 Å². The Kier molecular flexibility index (Phi) is 4.01. The Labute approximate surface area is 122 Å². The van der Waals surface area contributed by atoms with Crippen LogP contribution in [0.25, 0.3) is 0 Å². The van der Waals surface area contributed by atoms with Gasteiger partial charge in [-0.3, -0.25) is 0 Å². The van der Waals surface area contributed by atoms with Gasteiger partial charge >= 0.3 is 10.1 Å². The molecular weight excluding hydrogens is 303 g/mol. The highest BCUT2D eigenvalue weighted by Crippen LogP contribution is 2.29. The van der Waals surface area contributed by atoms with E-state index in [1.54, 1.807) is 19.1 Å². The number of benzene rings is 2. The van der Waals surface area contributed by atoms with Gasteiger partial charge < -0.3 is 4.18 Å². The second-order valence-electron chi connectivity index (χ2n) is 4.38. The van der Waals surface area contributed by atoms with Gasteiger partial charge in [-0.15, -0.1) is 0 Å². The third kappa shape index (κ3) is 3.11. The molecule has 106 valence electrons. The smallest absolute Gasteiger partial charge is 0.339 e. The van der Waals surface area contributed by atoms with Crippen LogP contribution in [-0.4, -0.2) is 8.42 Å². The summed E-state index contributed by atoms with van der Waals surface area (Å²) in [5.41, 5.74) is 1.09. The lowest BCUT2D eigenvalue weighted by molar-refractivity contribution is 0.485. The monoisotopic (exact) mass is 314 g/mol. The lowest BCUT2D eigenvalue weighted by atomic mass is 10.2. The fraction of sp³-hybridized carbons (Fsp3) is 0.143. The molecule has 0 heterocycles. The maximum absolute atomic E-state index is 13.0. The van der Waals surface area contributed by atoms with E-state index in [0.29, 0.717) is 0 Å². The Bertz CT molecular complexity index is 757. The van der Waals surface area contributed by atoms with Gasteiger partial charge in [-0.25, -0.2) is 4.39 Å². The van der Waals surface area contributed by atoms with Gasteiger partial charge in [0.05, 0.1) is 5.02 Å². The first kappa shape index (κ1) is 14.8. The van der Waals surface area contributed by atoms with E-state index in [-0.39, 0.29) is 21.2 Å². The van der Waals surface area contributed by atoms with Crippen molar-refractivity contribution in [2.24, 2.45) is 0 Å². The lowest BCUT2D eigenvalue weighted by Gasteiger charge is -2.11. The van der Waals surface area contributed by atoms with Crippen LogP contribution in [0.3, 0.4) is 0 Å². The Hall–Kier alpha value is -1.59. The molecule has 0 saturated carbocycles. The van der Waals surface area contributed by atoms with Crippen molar-refractivity contribution in [2.45, 2.75) is 18.7 Å². The van der Waals surface area contributed by atoms with E-state index < -0.39 is 15.9 Å². The summed E-state index contributed by atoms with van der Waals surface area (Å²) in [5, 5.41) is 0.193. The largest absolute Gasteiger partial charge is 0.377 e. The van der Waals surface area contributed by atoms with Crippen molar-refractivity contribution in [1.29, 1.82) is 0 Å². The van der Waals surface area contributed by atoms with Gasteiger partial charge in [-0.05, 0) is 55.3 Å². The maximum Gasteiger partial charge on any atom is 0.339 e. The van der Waals surface area contributed by atoms with E-state index in [9.17, 15) is 12.8 Å². The zero-order valence-corrected chi connectivity index (χ0v) is 12.4. The highest BCUT2D eigenvalue weighted by Gasteiger charge is 2.21. The van der Waals surface area contributed by atoms with Crippen LogP contribution in [0.4, 0.5) is 4.39 Å². The van der Waals surface area contributed by atoms with Crippen LogP contribution >= 0.6 is 11.6 Å². The molecule has 3 nitrogen and oxygen atoms in total. The van der Waals surface area contributed by atoms with Crippen LogP contribution in [0.1, 0.15) is 11.1 Å². The van der Waals surface area contributed by atoms with Gasteiger partial charge in [0, 0.05) is 0 Å². The van der Waals surface area contributed by atoms with Crippen LogP contribution in [0, 0.1) is 19.7 Å². The van der Waals surface area contributed by atoms with E-state index in [4.69, 9.17) is 15.8 Å². The second kappa shape index (κ2) is 5.42. The lowest BCUT2D eigenvalue weighted by Crippen LogP contribution is -2.11. The predicted octanol–water partition coefficient (Wildman–Crippen LogP) is 3.86. The number of hydrogen-bond acceptors (Lipinski definition) is 3. The summed E-state index contributed by atoms with van der Waals surface area (Å²) in [6, 6.07) is 8.20. The van der Waals surface area contributed by atoms with Gasteiger partial charge in [0.1, 0.15) is 10.7 Å². The zero-order valence-electron chi connectivity index (χ0n) is 10.9. The SMILES string of the molecule is Cc1ccc(Cl)c(OS(=O)(=O)c2ccc(F)cc2C)c1. The highest BCUT2D eigenvalue weighted by molar-refractivity contribution is 7.87. The van der Waals surface area contributed by atoms with Crippen LogP contribution < -0.4 is 4.18 Å². The molecule has 2 aromatic carbocycles. The van der Waals surface area contributed by atoms with Crippen LogP contribution in [0.15, 0.2) is 41.3 Å². The second-order valence-corrected chi connectivity index (χ2v) is 6.30. The molecule has 2 rings (SSSR count). The molecule has 0 aliphatic carbocycles. The molecule has 0 amide bonds. The number of rotatable bonds is 3.